The molecule has 2 aliphatic heterocycles. The summed E-state index contributed by atoms with van der Waals surface area (Å²) < 4.78 is 39.0. The maximum Gasteiger partial charge on any atom is 0.434 e. The molecule has 0 saturated carbocycles. The first kappa shape index (κ1) is 18.0. The Bertz CT molecular complexity index is 512. The van der Waals surface area contributed by atoms with Crippen molar-refractivity contribution in [3.63, 3.8) is 0 Å². The fraction of sp³-hybridized carbons (Fsp3) is 0.786. The van der Waals surface area contributed by atoms with Gasteiger partial charge in [0.05, 0.1) is 9.88 Å². The first-order chi connectivity index (χ1) is 9.88. The predicted molar refractivity (Wildman–Crippen MR) is 83.5 cm³/mol. The Hall–Kier alpha value is -0.370. The lowest BCUT2D eigenvalue weighted by Crippen LogP contribution is -2.38. The van der Waals surface area contributed by atoms with Crippen LogP contribution in [0.3, 0.4) is 0 Å². The van der Waals surface area contributed by atoms with Gasteiger partial charge < -0.3 is 5.32 Å². The summed E-state index contributed by atoms with van der Waals surface area (Å²) in [4.78, 5) is 6.23. The van der Waals surface area contributed by atoms with Crippen molar-refractivity contribution in [2.45, 2.75) is 38.9 Å². The summed E-state index contributed by atoms with van der Waals surface area (Å²) in [7, 11) is 0. The van der Waals surface area contributed by atoms with Gasteiger partial charge in [-0.15, -0.1) is 23.7 Å². The lowest BCUT2D eigenvalue weighted by molar-refractivity contribution is -0.141. The monoisotopic (exact) mass is 355 g/mol. The van der Waals surface area contributed by atoms with Gasteiger partial charge in [0.25, 0.3) is 0 Å². The van der Waals surface area contributed by atoms with Crippen LogP contribution in [0.15, 0.2) is 0 Å². The zero-order chi connectivity index (χ0) is 15.1. The minimum absolute atomic E-state index is 0. The van der Waals surface area contributed by atoms with E-state index in [0.29, 0.717) is 21.8 Å². The molecule has 3 nitrogen and oxygen atoms in total. The number of nitrogens with zero attached hydrogens (tertiary/aromatic N) is 2. The zero-order valence-corrected chi connectivity index (χ0v) is 14.1. The van der Waals surface area contributed by atoms with Crippen molar-refractivity contribution in [1.82, 2.24) is 15.2 Å². The number of aryl methyl sites for hydroxylation is 1. The van der Waals surface area contributed by atoms with Crippen LogP contribution >= 0.6 is 23.7 Å². The van der Waals surface area contributed by atoms with Gasteiger partial charge in [-0.2, -0.15) is 13.2 Å². The van der Waals surface area contributed by atoms with Crippen LogP contribution in [-0.2, 0) is 12.7 Å². The molecule has 2 saturated heterocycles. The fourth-order valence-electron chi connectivity index (χ4n) is 3.53. The molecular weight excluding hydrogens is 335 g/mol. The summed E-state index contributed by atoms with van der Waals surface area (Å²) >= 11 is 1.18. The standard InChI is InChI=1S/C14H20F3N3S.ClH/c1-10-19-12(14(15,16)17)11(21-10)8-20-7-4-13(9-20)2-5-18-6-3-13;/h18H,2-9H2,1H3;1H. The Morgan fingerprint density at radius 1 is 1.27 bits per heavy atom. The quantitative estimate of drug-likeness (QED) is 0.880. The van der Waals surface area contributed by atoms with E-state index in [1.807, 2.05) is 0 Å². The van der Waals surface area contributed by atoms with E-state index in [9.17, 15) is 13.2 Å². The van der Waals surface area contributed by atoms with Crippen molar-refractivity contribution in [3.05, 3.63) is 15.6 Å². The van der Waals surface area contributed by atoms with E-state index in [4.69, 9.17) is 0 Å². The average molecular weight is 356 g/mol. The number of alkyl halides is 3. The van der Waals surface area contributed by atoms with Crippen LogP contribution in [0.5, 0.6) is 0 Å². The van der Waals surface area contributed by atoms with Gasteiger partial charge in [-0.25, -0.2) is 4.98 Å². The van der Waals surface area contributed by atoms with Crippen LogP contribution in [0.1, 0.15) is 34.8 Å². The molecule has 1 spiro atoms. The molecule has 2 fully saturated rings. The van der Waals surface area contributed by atoms with E-state index in [0.717, 1.165) is 45.4 Å². The minimum atomic E-state index is -4.34. The molecule has 3 rings (SSSR count). The van der Waals surface area contributed by atoms with Crippen molar-refractivity contribution < 1.29 is 13.2 Å². The maximum absolute atomic E-state index is 13.0. The van der Waals surface area contributed by atoms with Gasteiger partial charge in [-0.3, -0.25) is 4.90 Å². The molecule has 0 amide bonds. The van der Waals surface area contributed by atoms with Crippen molar-refractivity contribution in [2.24, 2.45) is 5.41 Å². The summed E-state index contributed by atoms with van der Waals surface area (Å²) in [6, 6.07) is 0. The van der Waals surface area contributed by atoms with Crippen LogP contribution in [0, 0.1) is 12.3 Å². The Kier molecular flexibility index (Phi) is 5.42. The highest BCUT2D eigenvalue weighted by Gasteiger charge is 2.41. The molecule has 0 bridgehead atoms. The van der Waals surface area contributed by atoms with Crippen LogP contribution < -0.4 is 5.32 Å². The minimum Gasteiger partial charge on any atom is -0.317 e. The van der Waals surface area contributed by atoms with E-state index in [-0.39, 0.29) is 12.4 Å². The molecule has 22 heavy (non-hydrogen) atoms. The highest BCUT2D eigenvalue weighted by atomic mass is 35.5. The number of hydrogen-bond donors (Lipinski definition) is 1. The molecule has 0 atom stereocenters. The summed E-state index contributed by atoms with van der Waals surface area (Å²) in [6.45, 7) is 5.90. The first-order valence-electron chi connectivity index (χ1n) is 7.35. The molecule has 0 aromatic carbocycles. The molecular formula is C14H21ClF3N3S. The van der Waals surface area contributed by atoms with Crippen LogP contribution in [0.25, 0.3) is 0 Å². The normalized spacial score (nSPS) is 22.0. The molecule has 3 heterocycles. The SMILES string of the molecule is Cc1nc(C(F)(F)F)c(CN2CCC3(CCNCC3)C2)s1.Cl. The van der Waals surface area contributed by atoms with E-state index < -0.39 is 11.9 Å². The van der Waals surface area contributed by atoms with Gasteiger partial charge in [-0.1, -0.05) is 0 Å². The molecule has 1 aromatic heterocycles. The number of aromatic nitrogens is 1. The number of halogens is 4. The Balaban J connectivity index is 0.00000176. The molecule has 0 unspecified atom stereocenters. The Morgan fingerprint density at radius 3 is 2.59 bits per heavy atom. The molecule has 0 radical (unpaired) electrons. The predicted octanol–water partition coefficient (Wildman–Crippen LogP) is 3.47. The van der Waals surface area contributed by atoms with Crippen LogP contribution in [0.2, 0.25) is 0 Å². The van der Waals surface area contributed by atoms with Crippen LogP contribution in [0.4, 0.5) is 13.2 Å². The van der Waals surface area contributed by atoms with Crippen LogP contribution in [-0.4, -0.2) is 36.1 Å². The zero-order valence-electron chi connectivity index (χ0n) is 12.5. The van der Waals surface area contributed by atoms with Gasteiger partial charge in [0.2, 0.25) is 0 Å². The van der Waals surface area contributed by atoms with Crippen molar-refractivity contribution >= 4 is 23.7 Å². The van der Waals surface area contributed by atoms with Crippen molar-refractivity contribution in [3.8, 4) is 0 Å². The molecule has 126 valence electrons. The van der Waals surface area contributed by atoms with Gasteiger partial charge in [0, 0.05) is 13.1 Å². The number of hydrogen-bond acceptors (Lipinski definition) is 4. The van der Waals surface area contributed by atoms with E-state index in [1.165, 1.54) is 11.3 Å². The Morgan fingerprint density at radius 2 is 1.95 bits per heavy atom. The second kappa shape index (κ2) is 6.63. The topological polar surface area (TPSA) is 28.2 Å². The van der Waals surface area contributed by atoms with E-state index >= 15 is 0 Å². The highest BCUT2D eigenvalue weighted by molar-refractivity contribution is 7.11. The van der Waals surface area contributed by atoms with E-state index in [1.54, 1.807) is 6.92 Å². The third-order valence-corrected chi connectivity index (χ3v) is 5.58. The lowest BCUT2D eigenvalue weighted by Gasteiger charge is -2.33. The van der Waals surface area contributed by atoms with Gasteiger partial charge in [-0.05, 0) is 51.2 Å². The highest BCUT2D eigenvalue weighted by Crippen LogP contribution is 2.41. The molecule has 1 N–H and O–H groups in total. The molecule has 1 aromatic rings. The molecule has 8 heteroatoms. The Labute approximate surface area is 138 Å². The number of piperidine rings is 1. The molecule has 0 aliphatic carbocycles. The number of likely N-dealkylation sites (tertiary alicyclic amines) is 1. The first-order valence-corrected chi connectivity index (χ1v) is 8.16. The van der Waals surface area contributed by atoms with Gasteiger partial charge in [0.1, 0.15) is 0 Å². The summed E-state index contributed by atoms with van der Waals surface area (Å²) in [6.07, 6.45) is -0.964. The maximum atomic E-state index is 13.0. The number of rotatable bonds is 2. The summed E-state index contributed by atoms with van der Waals surface area (Å²) in [5.41, 5.74) is -0.361. The largest absolute Gasteiger partial charge is 0.434 e. The summed E-state index contributed by atoms with van der Waals surface area (Å²) in [5, 5.41) is 3.85. The van der Waals surface area contributed by atoms with Gasteiger partial charge in [0.15, 0.2) is 5.69 Å². The van der Waals surface area contributed by atoms with Crippen molar-refractivity contribution in [1.29, 1.82) is 0 Å². The smallest absolute Gasteiger partial charge is 0.317 e. The van der Waals surface area contributed by atoms with Gasteiger partial charge >= 0.3 is 6.18 Å². The number of nitrogens with one attached hydrogen (secondary N) is 1. The second-order valence-electron chi connectivity index (χ2n) is 6.21. The van der Waals surface area contributed by atoms with E-state index in [2.05, 4.69) is 15.2 Å². The third-order valence-electron chi connectivity index (χ3n) is 4.62. The fourth-order valence-corrected chi connectivity index (χ4v) is 4.53. The second-order valence-corrected chi connectivity index (χ2v) is 7.50. The van der Waals surface area contributed by atoms with Crippen molar-refractivity contribution in [2.75, 3.05) is 26.2 Å². The summed E-state index contributed by atoms with van der Waals surface area (Å²) in [5.74, 6) is 0. The lowest BCUT2D eigenvalue weighted by atomic mass is 9.78. The average Bonchev–Trinajstić information content (AvgIpc) is 2.95. The number of thiazole rings is 1. The molecule has 2 aliphatic rings. The third kappa shape index (κ3) is 3.75.